The summed E-state index contributed by atoms with van der Waals surface area (Å²) in [7, 11) is 0. The van der Waals surface area contributed by atoms with E-state index >= 15 is 0 Å². The fourth-order valence-corrected chi connectivity index (χ4v) is 3.38. The Bertz CT molecular complexity index is 873. The zero-order valence-corrected chi connectivity index (χ0v) is 16.6. The molecular formula is C17H21N5O5S. The van der Waals surface area contributed by atoms with Crippen LogP contribution in [0.1, 0.15) is 20.8 Å². The third kappa shape index (κ3) is 4.93. The molecule has 2 aromatic rings. The maximum Gasteiger partial charge on any atom is 0.414 e. The molecule has 0 radical (unpaired) electrons. The Labute approximate surface area is 165 Å². The number of aromatic nitrogens is 2. The van der Waals surface area contributed by atoms with Crippen LogP contribution in [-0.4, -0.2) is 53.1 Å². The molecule has 0 saturated carbocycles. The van der Waals surface area contributed by atoms with E-state index in [9.17, 15) is 14.9 Å². The summed E-state index contributed by atoms with van der Waals surface area (Å²) in [5.74, 6) is 0. The van der Waals surface area contributed by atoms with E-state index in [1.54, 1.807) is 32.9 Å². The second-order valence-electron chi connectivity index (χ2n) is 7.10. The maximum absolute atomic E-state index is 11.8. The average Bonchev–Trinajstić information content (AvgIpc) is 3.08. The molecule has 0 bridgehead atoms. The summed E-state index contributed by atoms with van der Waals surface area (Å²) in [6, 6.07) is 4.94. The molecule has 1 aromatic heterocycles. The molecule has 1 amide bonds. The molecule has 150 valence electrons. The number of benzene rings is 1. The highest BCUT2D eigenvalue weighted by Crippen LogP contribution is 2.35. The Hall–Kier alpha value is -2.79. The van der Waals surface area contributed by atoms with Crippen LogP contribution in [0, 0.1) is 10.1 Å². The SMILES string of the molecule is CC(C)(C)OC(=O)Nc1nnc(-c2ccc(N3CCOCC3)c([N+](=O)[O-])c2)s1. The number of nitrogens with zero attached hydrogens (tertiary/aromatic N) is 4. The number of nitro benzene ring substituents is 1. The van der Waals surface area contributed by atoms with Crippen molar-refractivity contribution < 1.29 is 19.2 Å². The lowest BCUT2D eigenvalue weighted by molar-refractivity contribution is -0.384. The lowest BCUT2D eigenvalue weighted by Crippen LogP contribution is -2.36. The number of carbonyl (C=O) groups excluding carboxylic acids is 1. The summed E-state index contributed by atoms with van der Waals surface area (Å²) in [6.45, 7) is 7.55. The Morgan fingerprint density at radius 3 is 2.68 bits per heavy atom. The number of anilines is 2. The number of rotatable bonds is 4. The molecular weight excluding hydrogens is 386 g/mol. The molecule has 1 saturated heterocycles. The van der Waals surface area contributed by atoms with Crippen molar-refractivity contribution in [3.63, 3.8) is 0 Å². The van der Waals surface area contributed by atoms with Gasteiger partial charge >= 0.3 is 6.09 Å². The van der Waals surface area contributed by atoms with Gasteiger partial charge in [-0.25, -0.2) is 4.79 Å². The molecule has 0 spiro atoms. The highest BCUT2D eigenvalue weighted by molar-refractivity contribution is 7.18. The molecule has 3 rings (SSSR count). The minimum absolute atomic E-state index is 0.00347. The Morgan fingerprint density at radius 1 is 1.32 bits per heavy atom. The van der Waals surface area contributed by atoms with E-state index in [0.29, 0.717) is 42.6 Å². The summed E-state index contributed by atoms with van der Waals surface area (Å²) in [6.07, 6.45) is -0.635. The molecule has 10 nitrogen and oxygen atoms in total. The number of morpholine rings is 1. The molecule has 1 N–H and O–H groups in total. The van der Waals surface area contributed by atoms with E-state index in [2.05, 4.69) is 15.5 Å². The predicted octanol–water partition coefficient (Wildman–Crippen LogP) is 3.30. The minimum Gasteiger partial charge on any atom is -0.444 e. The van der Waals surface area contributed by atoms with Gasteiger partial charge in [0.2, 0.25) is 5.13 Å². The van der Waals surface area contributed by atoms with Gasteiger partial charge < -0.3 is 14.4 Å². The van der Waals surface area contributed by atoms with Gasteiger partial charge in [-0.2, -0.15) is 0 Å². The van der Waals surface area contributed by atoms with E-state index in [0.717, 1.165) is 11.3 Å². The fourth-order valence-electron chi connectivity index (χ4n) is 2.66. The van der Waals surface area contributed by atoms with E-state index in [4.69, 9.17) is 9.47 Å². The molecule has 1 aromatic carbocycles. The summed E-state index contributed by atoms with van der Waals surface area (Å²) >= 11 is 1.11. The van der Waals surface area contributed by atoms with E-state index in [1.807, 2.05) is 4.90 Å². The number of nitrogens with one attached hydrogen (secondary N) is 1. The Kier molecular flexibility index (Phi) is 5.75. The number of hydrogen-bond donors (Lipinski definition) is 1. The highest BCUT2D eigenvalue weighted by Gasteiger charge is 2.23. The first-order valence-electron chi connectivity index (χ1n) is 8.68. The van der Waals surface area contributed by atoms with Gasteiger partial charge in [0.1, 0.15) is 16.3 Å². The lowest BCUT2D eigenvalue weighted by atomic mass is 10.1. The van der Waals surface area contributed by atoms with E-state index in [1.165, 1.54) is 6.07 Å². The van der Waals surface area contributed by atoms with Crippen molar-refractivity contribution >= 4 is 33.9 Å². The van der Waals surface area contributed by atoms with Gasteiger partial charge in [-0.15, -0.1) is 10.2 Å². The lowest BCUT2D eigenvalue weighted by Gasteiger charge is -2.28. The summed E-state index contributed by atoms with van der Waals surface area (Å²) in [4.78, 5) is 24.9. The Morgan fingerprint density at radius 2 is 2.04 bits per heavy atom. The summed E-state index contributed by atoms with van der Waals surface area (Å²) < 4.78 is 10.5. The van der Waals surface area contributed by atoms with Crippen molar-refractivity contribution in [3.8, 4) is 10.6 Å². The van der Waals surface area contributed by atoms with Gasteiger partial charge in [0.25, 0.3) is 5.69 Å². The third-order valence-corrected chi connectivity index (χ3v) is 4.69. The van der Waals surface area contributed by atoms with Crippen molar-refractivity contribution in [2.24, 2.45) is 0 Å². The van der Waals surface area contributed by atoms with Gasteiger partial charge in [0.05, 0.1) is 18.1 Å². The zero-order valence-electron chi connectivity index (χ0n) is 15.8. The van der Waals surface area contributed by atoms with Crippen LogP contribution in [0.3, 0.4) is 0 Å². The number of hydrogen-bond acceptors (Lipinski definition) is 9. The minimum atomic E-state index is -0.635. The largest absolute Gasteiger partial charge is 0.444 e. The third-order valence-electron chi connectivity index (χ3n) is 3.80. The van der Waals surface area contributed by atoms with Crippen LogP contribution in [0.5, 0.6) is 0 Å². The number of nitro groups is 1. The monoisotopic (exact) mass is 407 g/mol. The summed E-state index contributed by atoms with van der Waals surface area (Å²) in [5.41, 5.74) is 0.469. The number of ether oxygens (including phenoxy) is 2. The molecule has 28 heavy (non-hydrogen) atoms. The number of carbonyl (C=O) groups is 1. The van der Waals surface area contributed by atoms with Crippen molar-refractivity contribution in [1.29, 1.82) is 0 Å². The first-order chi connectivity index (χ1) is 13.2. The van der Waals surface area contributed by atoms with Crippen molar-refractivity contribution in [3.05, 3.63) is 28.3 Å². The van der Waals surface area contributed by atoms with Crippen LogP contribution in [0.25, 0.3) is 10.6 Å². The standard InChI is InChI=1S/C17H21N5O5S/c1-17(2,3)27-16(23)18-15-20-19-14(28-15)11-4-5-12(13(10-11)22(24)25)21-6-8-26-9-7-21/h4-5,10H,6-9H2,1-3H3,(H,18,20,23). The van der Waals surface area contributed by atoms with E-state index in [-0.39, 0.29) is 10.8 Å². The van der Waals surface area contributed by atoms with Crippen LogP contribution in [0.4, 0.5) is 21.3 Å². The van der Waals surface area contributed by atoms with Crippen molar-refractivity contribution in [2.75, 3.05) is 36.5 Å². The molecule has 1 fully saturated rings. The van der Waals surface area contributed by atoms with Gasteiger partial charge in [-0.3, -0.25) is 15.4 Å². The highest BCUT2D eigenvalue weighted by atomic mass is 32.1. The molecule has 1 aliphatic rings. The smallest absolute Gasteiger partial charge is 0.414 e. The van der Waals surface area contributed by atoms with Crippen molar-refractivity contribution in [1.82, 2.24) is 10.2 Å². The average molecular weight is 407 g/mol. The van der Waals surface area contributed by atoms with Gasteiger partial charge in [-0.1, -0.05) is 11.3 Å². The maximum atomic E-state index is 11.8. The van der Waals surface area contributed by atoms with Gasteiger partial charge in [-0.05, 0) is 32.9 Å². The van der Waals surface area contributed by atoms with Crippen LogP contribution in [0.15, 0.2) is 18.2 Å². The van der Waals surface area contributed by atoms with Gasteiger partial charge in [0, 0.05) is 24.7 Å². The Balaban J connectivity index is 1.80. The molecule has 1 aliphatic heterocycles. The zero-order chi connectivity index (χ0) is 20.3. The van der Waals surface area contributed by atoms with Crippen molar-refractivity contribution in [2.45, 2.75) is 26.4 Å². The summed E-state index contributed by atoms with van der Waals surface area (Å²) in [5, 5.41) is 22.7. The number of amides is 1. The van der Waals surface area contributed by atoms with Crippen LogP contribution >= 0.6 is 11.3 Å². The second kappa shape index (κ2) is 8.07. The fraction of sp³-hybridized carbons (Fsp3) is 0.471. The first-order valence-corrected chi connectivity index (χ1v) is 9.49. The molecule has 11 heteroatoms. The van der Waals surface area contributed by atoms with Crippen LogP contribution < -0.4 is 10.2 Å². The molecule has 2 heterocycles. The van der Waals surface area contributed by atoms with E-state index < -0.39 is 16.6 Å². The predicted molar refractivity (Wildman–Crippen MR) is 105 cm³/mol. The normalized spacial score (nSPS) is 14.6. The topological polar surface area (TPSA) is 120 Å². The van der Waals surface area contributed by atoms with Crippen LogP contribution in [-0.2, 0) is 9.47 Å². The first kappa shape index (κ1) is 20.0. The molecule has 0 atom stereocenters. The molecule has 0 unspecified atom stereocenters. The molecule has 0 aliphatic carbocycles. The van der Waals surface area contributed by atoms with Crippen LogP contribution in [0.2, 0.25) is 0 Å². The van der Waals surface area contributed by atoms with Gasteiger partial charge in [0.15, 0.2) is 0 Å². The quantitative estimate of drug-likeness (QED) is 0.605. The second-order valence-corrected chi connectivity index (χ2v) is 8.08.